The van der Waals surface area contributed by atoms with Gasteiger partial charge in [0.1, 0.15) is 11.3 Å². The third kappa shape index (κ3) is 2.54. The second-order valence-electron chi connectivity index (χ2n) is 5.21. The number of imidazole rings is 1. The van der Waals surface area contributed by atoms with Crippen molar-refractivity contribution in [2.45, 2.75) is 26.7 Å². The summed E-state index contributed by atoms with van der Waals surface area (Å²) in [5.41, 5.74) is 5.15. The van der Waals surface area contributed by atoms with Crippen molar-refractivity contribution in [1.82, 2.24) is 14.5 Å². The number of aliphatic hydroxyl groups excluding tert-OH is 1. The van der Waals surface area contributed by atoms with E-state index in [0.29, 0.717) is 6.42 Å². The summed E-state index contributed by atoms with van der Waals surface area (Å²) in [4.78, 5) is 9.23. The summed E-state index contributed by atoms with van der Waals surface area (Å²) >= 11 is 0. The predicted molar refractivity (Wildman–Crippen MR) is 83.8 cm³/mol. The van der Waals surface area contributed by atoms with Crippen LogP contribution in [0.25, 0.3) is 16.9 Å². The molecule has 0 aliphatic carbocycles. The van der Waals surface area contributed by atoms with Crippen LogP contribution in [0.5, 0.6) is 0 Å². The van der Waals surface area contributed by atoms with Gasteiger partial charge in [-0.05, 0) is 42.7 Å². The Balaban J connectivity index is 2.13. The van der Waals surface area contributed by atoms with E-state index in [1.54, 1.807) is 0 Å². The highest BCUT2D eigenvalue weighted by molar-refractivity contribution is 5.74. The fourth-order valence-electron chi connectivity index (χ4n) is 2.56. The van der Waals surface area contributed by atoms with Crippen molar-refractivity contribution in [1.29, 1.82) is 0 Å². The topological polar surface area (TPSA) is 50.9 Å². The molecule has 108 valence electrons. The predicted octanol–water partition coefficient (Wildman–Crippen LogP) is 2.83. The van der Waals surface area contributed by atoms with Gasteiger partial charge >= 0.3 is 0 Å². The van der Waals surface area contributed by atoms with E-state index < -0.39 is 0 Å². The van der Waals surface area contributed by atoms with Crippen molar-refractivity contribution in [2.24, 2.45) is 0 Å². The van der Waals surface area contributed by atoms with Crippen LogP contribution in [-0.4, -0.2) is 26.2 Å². The highest BCUT2D eigenvalue weighted by Gasteiger charge is 2.12. The molecule has 2 heterocycles. The molecule has 0 atom stereocenters. The van der Waals surface area contributed by atoms with E-state index >= 15 is 0 Å². The smallest absolute Gasteiger partial charge is 0.164 e. The summed E-state index contributed by atoms with van der Waals surface area (Å²) in [6, 6.07) is 10.3. The number of benzene rings is 1. The lowest BCUT2D eigenvalue weighted by atomic mass is 10.1. The Labute approximate surface area is 124 Å². The SMILES string of the molecule is CCc1nc2cc(C)cnc2n1-c1ccc(CCO)cc1. The van der Waals surface area contributed by atoms with E-state index in [1.165, 1.54) is 0 Å². The summed E-state index contributed by atoms with van der Waals surface area (Å²) in [5, 5.41) is 9.00. The van der Waals surface area contributed by atoms with E-state index in [0.717, 1.165) is 40.2 Å². The zero-order chi connectivity index (χ0) is 14.8. The van der Waals surface area contributed by atoms with Gasteiger partial charge in [0.15, 0.2) is 5.65 Å². The maximum Gasteiger partial charge on any atom is 0.164 e. The molecule has 0 fully saturated rings. The normalized spacial score (nSPS) is 11.2. The highest BCUT2D eigenvalue weighted by atomic mass is 16.2. The molecule has 0 spiro atoms. The molecule has 2 aromatic heterocycles. The van der Waals surface area contributed by atoms with Crippen molar-refractivity contribution in [3.8, 4) is 5.69 Å². The number of aryl methyl sites for hydroxylation is 2. The summed E-state index contributed by atoms with van der Waals surface area (Å²) < 4.78 is 2.11. The van der Waals surface area contributed by atoms with E-state index in [9.17, 15) is 0 Å². The molecule has 0 unspecified atom stereocenters. The molecule has 4 nitrogen and oxygen atoms in total. The van der Waals surface area contributed by atoms with E-state index in [2.05, 4.69) is 39.7 Å². The second-order valence-corrected chi connectivity index (χ2v) is 5.21. The largest absolute Gasteiger partial charge is 0.396 e. The maximum absolute atomic E-state index is 9.00. The monoisotopic (exact) mass is 281 g/mol. The van der Waals surface area contributed by atoms with Crippen LogP contribution in [0.1, 0.15) is 23.9 Å². The standard InChI is InChI=1S/C17H19N3O/c1-3-16-19-15-10-12(2)11-18-17(15)20(16)14-6-4-13(5-7-14)8-9-21/h4-7,10-11,21H,3,8-9H2,1-2H3. The van der Waals surface area contributed by atoms with E-state index in [1.807, 2.05) is 25.3 Å². The maximum atomic E-state index is 9.00. The van der Waals surface area contributed by atoms with Crippen molar-refractivity contribution in [3.63, 3.8) is 0 Å². The van der Waals surface area contributed by atoms with Gasteiger partial charge in [-0.3, -0.25) is 4.57 Å². The molecule has 0 aliphatic heterocycles. The summed E-state index contributed by atoms with van der Waals surface area (Å²) in [7, 11) is 0. The van der Waals surface area contributed by atoms with Gasteiger partial charge in [-0.2, -0.15) is 0 Å². The Bertz CT molecular complexity index is 760. The first kappa shape index (κ1) is 13.8. The number of nitrogens with zero attached hydrogens (tertiary/aromatic N) is 3. The van der Waals surface area contributed by atoms with Crippen LogP contribution in [0.3, 0.4) is 0 Å². The van der Waals surface area contributed by atoms with Crippen LogP contribution in [0, 0.1) is 6.92 Å². The minimum atomic E-state index is 0.175. The first-order valence-corrected chi connectivity index (χ1v) is 7.27. The number of aliphatic hydroxyl groups is 1. The van der Waals surface area contributed by atoms with Gasteiger partial charge < -0.3 is 5.11 Å². The van der Waals surface area contributed by atoms with Gasteiger partial charge in [0.05, 0.1) is 0 Å². The molecule has 4 heteroatoms. The van der Waals surface area contributed by atoms with Gasteiger partial charge in [0.2, 0.25) is 0 Å². The van der Waals surface area contributed by atoms with Gasteiger partial charge in [0.25, 0.3) is 0 Å². The number of hydrogen-bond donors (Lipinski definition) is 1. The molecule has 3 aromatic rings. The van der Waals surface area contributed by atoms with Crippen LogP contribution < -0.4 is 0 Å². The van der Waals surface area contributed by atoms with Crippen LogP contribution >= 0.6 is 0 Å². The molecule has 0 saturated carbocycles. The number of fused-ring (bicyclic) bond motifs is 1. The van der Waals surface area contributed by atoms with Crippen LogP contribution in [-0.2, 0) is 12.8 Å². The van der Waals surface area contributed by atoms with Gasteiger partial charge in [0, 0.05) is 24.9 Å². The average Bonchev–Trinajstić information content (AvgIpc) is 2.86. The third-order valence-electron chi connectivity index (χ3n) is 3.61. The third-order valence-corrected chi connectivity index (χ3v) is 3.61. The summed E-state index contributed by atoms with van der Waals surface area (Å²) in [6.07, 6.45) is 3.41. The van der Waals surface area contributed by atoms with Gasteiger partial charge in [-0.1, -0.05) is 19.1 Å². The molecule has 0 aliphatic rings. The average molecular weight is 281 g/mol. The van der Waals surface area contributed by atoms with E-state index in [4.69, 9.17) is 5.11 Å². The molecule has 0 radical (unpaired) electrons. The molecule has 1 aromatic carbocycles. The van der Waals surface area contributed by atoms with Gasteiger partial charge in [-0.25, -0.2) is 9.97 Å². The lowest BCUT2D eigenvalue weighted by Gasteiger charge is -2.08. The minimum Gasteiger partial charge on any atom is -0.396 e. The molecule has 0 bridgehead atoms. The van der Waals surface area contributed by atoms with Crippen LogP contribution in [0.2, 0.25) is 0 Å². The molecular weight excluding hydrogens is 262 g/mol. The van der Waals surface area contributed by atoms with E-state index in [-0.39, 0.29) is 6.61 Å². The van der Waals surface area contributed by atoms with Gasteiger partial charge in [-0.15, -0.1) is 0 Å². The highest BCUT2D eigenvalue weighted by Crippen LogP contribution is 2.21. The zero-order valence-corrected chi connectivity index (χ0v) is 12.4. The first-order chi connectivity index (χ1) is 10.2. The van der Waals surface area contributed by atoms with Crippen molar-refractivity contribution in [3.05, 3.63) is 53.5 Å². The Kier molecular flexibility index (Phi) is 3.71. The second kappa shape index (κ2) is 5.66. The lowest BCUT2D eigenvalue weighted by molar-refractivity contribution is 0.299. The summed E-state index contributed by atoms with van der Waals surface area (Å²) in [5.74, 6) is 1.01. The molecule has 21 heavy (non-hydrogen) atoms. The number of aromatic nitrogens is 3. The molecule has 1 N–H and O–H groups in total. The Morgan fingerprint density at radius 3 is 2.62 bits per heavy atom. The molecule has 0 saturated heterocycles. The van der Waals surface area contributed by atoms with Crippen molar-refractivity contribution < 1.29 is 5.11 Å². The van der Waals surface area contributed by atoms with Crippen LogP contribution in [0.15, 0.2) is 36.5 Å². The van der Waals surface area contributed by atoms with Crippen molar-refractivity contribution in [2.75, 3.05) is 6.61 Å². The minimum absolute atomic E-state index is 0.175. The number of hydrogen-bond acceptors (Lipinski definition) is 3. The molecular formula is C17H19N3O. The fourth-order valence-corrected chi connectivity index (χ4v) is 2.56. The Morgan fingerprint density at radius 1 is 1.19 bits per heavy atom. The number of rotatable bonds is 4. The fraction of sp³-hybridized carbons (Fsp3) is 0.294. The van der Waals surface area contributed by atoms with Crippen molar-refractivity contribution >= 4 is 11.2 Å². The lowest BCUT2D eigenvalue weighted by Crippen LogP contribution is -2.01. The quantitative estimate of drug-likeness (QED) is 0.800. The molecule has 3 rings (SSSR count). The van der Waals surface area contributed by atoms with Crippen LogP contribution in [0.4, 0.5) is 0 Å². The first-order valence-electron chi connectivity index (χ1n) is 7.27. The molecule has 0 amide bonds. The summed E-state index contributed by atoms with van der Waals surface area (Å²) in [6.45, 7) is 4.31. The zero-order valence-electron chi connectivity index (χ0n) is 12.4. The Morgan fingerprint density at radius 2 is 1.95 bits per heavy atom. The Hall–Kier alpha value is -2.20. The number of pyridine rings is 1.